The van der Waals surface area contributed by atoms with Crippen LogP contribution in [-0.2, 0) is 4.74 Å². The second-order valence-corrected chi connectivity index (χ2v) is 2.16. The van der Waals surface area contributed by atoms with Gasteiger partial charge in [0.1, 0.15) is 0 Å². The molecule has 0 saturated carbocycles. The van der Waals surface area contributed by atoms with E-state index in [4.69, 9.17) is 5.11 Å². The van der Waals surface area contributed by atoms with Crippen LogP contribution in [0.25, 0.3) is 0 Å². The lowest BCUT2D eigenvalue weighted by Gasteiger charge is -2.13. The molecule has 7 heavy (non-hydrogen) atoms. The van der Waals surface area contributed by atoms with Crippen LogP contribution in [0.5, 0.6) is 0 Å². The van der Waals surface area contributed by atoms with Crippen molar-refractivity contribution in [3.63, 3.8) is 0 Å². The van der Waals surface area contributed by atoms with Gasteiger partial charge in [0, 0.05) is 0 Å². The van der Waals surface area contributed by atoms with Crippen molar-refractivity contribution in [3.05, 3.63) is 7.11 Å². The smallest absolute Gasteiger partial charge is 0.0824 e. The van der Waals surface area contributed by atoms with E-state index in [1.807, 2.05) is 0 Å². The van der Waals surface area contributed by atoms with Crippen molar-refractivity contribution in [1.29, 1.82) is 0 Å². The Morgan fingerprint density at radius 2 is 2.14 bits per heavy atom. The zero-order valence-corrected chi connectivity index (χ0v) is 4.77. The molecule has 0 aromatic heterocycles. The summed E-state index contributed by atoms with van der Waals surface area (Å²) in [5, 5.41) is 8.85. The largest absolute Gasteiger partial charge is 0.388 e. The topological polar surface area (TPSA) is 29.5 Å². The molecule has 0 aliphatic heterocycles. The summed E-state index contributed by atoms with van der Waals surface area (Å²) in [7, 11) is 3.11. The number of rotatable bonds is 2. The molecular weight excluding hydrogens is 92.1 g/mol. The van der Waals surface area contributed by atoms with Crippen LogP contribution in [-0.4, -0.2) is 17.3 Å². The van der Waals surface area contributed by atoms with Gasteiger partial charge in [-0.1, -0.05) is 0 Å². The van der Waals surface area contributed by atoms with Crippen LogP contribution in [0.15, 0.2) is 0 Å². The maximum atomic E-state index is 8.85. The van der Waals surface area contributed by atoms with E-state index in [2.05, 4.69) is 11.8 Å². The van der Waals surface area contributed by atoms with E-state index in [0.717, 1.165) is 0 Å². The van der Waals surface area contributed by atoms with Crippen LogP contribution in [0.4, 0.5) is 0 Å². The molecule has 2 heteroatoms. The summed E-state index contributed by atoms with van der Waals surface area (Å²) in [5.41, 5.74) is -0.734. The summed E-state index contributed by atoms with van der Waals surface area (Å²) >= 11 is 0. The molecule has 1 radical (unpaired) electrons. The fourth-order valence-corrected chi connectivity index (χ4v) is 0.250. The molecule has 0 aliphatic carbocycles. The van der Waals surface area contributed by atoms with Crippen LogP contribution in [0.2, 0.25) is 0 Å². The van der Waals surface area contributed by atoms with Crippen molar-refractivity contribution < 1.29 is 9.84 Å². The van der Waals surface area contributed by atoms with Gasteiger partial charge in [0.05, 0.1) is 19.3 Å². The first-order chi connectivity index (χ1) is 3.06. The third kappa shape index (κ3) is 5.92. The maximum absolute atomic E-state index is 8.85. The molecule has 43 valence electrons. The van der Waals surface area contributed by atoms with Gasteiger partial charge in [-0.25, -0.2) is 0 Å². The average Bonchev–Trinajstić information content (AvgIpc) is 1.30. The lowest BCUT2D eigenvalue weighted by atomic mass is 10.2. The van der Waals surface area contributed by atoms with E-state index in [0.29, 0.717) is 0 Å². The SMILES string of the molecule is [CH2]OCC(C)(C)O. The minimum atomic E-state index is -0.734. The van der Waals surface area contributed by atoms with E-state index in [-0.39, 0.29) is 6.61 Å². The molecule has 0 saturated heterocycles. The van der Waals surface area contributed by atoms with Gasteiger partial charge >= 0.3 is 0 Å². The van der Waals surface area contributed by atoms with Gasteiger partial charge in [0.25, 0.3) is 0 Å². The standard InChI is InChI=1S/C5H11O2/c1-5(2,6)4-7-3/h6H,3-4H2,1-2H3. The van der Waals surface area contributed by atoms with Crippen molar-refractivity contribution >= 4 is 0 Å². The Kier molecular flexibility index (Phi) is 2.26. The molecule has 0 amide bonds. The van der Waals surface area contributed by atoms with Crippen molar-refractivity contribution in [1.82, 2.24) is 0 Å². The van der Waals surface area contributed by atoms with Gasteiger partial charge in [-0.05, 0) is 13.8 Å². The molecule has 0 spiro atoms. The van der Waals surface area contributed by atoms with Gasteiger partial charge in [-0.3, -0.25) is 0 Å². The van der Waals surface area contributed by atoms with Gasteiger partial charge < -0.3 is 9.84 Å². The highest BCUT2D eigenvalue weighted by Gasteiger charge is 2.09. The Labute approximate surface area is 44.1 Å². The molecule has 0 aliphatic rings. The van der Waals surface area contributed by atoms with Gasteiger partial charge in [0.2, 0.25) is 0 Å². The fourth-order valence-electron chi connectivity index (χ4n) is 0.250. The Morgan fingerprint density at radius 3 is 2.14 bits per heavy atom. The molecule has 1 N–H and O–H groups in total. The molecule has 0 unspecified atom stereocenters. The second kappa shape index (κ2) is 2.28. The summed E-state index contributed by atoms with van der Waals surface area (Å²) in [6, 6.07) is 0. The Bertz CT molecular complexity index is 44.5. The van der Waals surface area contributed by atoms with Gasteiger partial charge in [-0.15, -0.1) is 0 Å². The first-order valence-corrected chi connectivity index (χ1v) is 2.15. The summed E-state index contributed by atoms with van der Waals surface area (Å²) < 4.78 is 4.41. The molecule has 2 nitrogen and oxygen atoms in total. The summed E-state index contributed by atoms with van der Waals surface area (Å²) in [5.74, 6) is 0. The van der Waals surface area contributed by atoms with E-state index in [9.17, 15) is 0 Å². The highest BCUT2D eigenvalue weighted by molar-refractivity contribution is 4.61. The van der Waals surface area contributed by atoms with Gasteiger partial charge in [0.15, 0.2) is 0 Å². The highest BCUT2D eigenvalue weighted by atomic mass is 16.5. The maximum Gasteiger partial charge on any atom is 0.0824 e. The van der Waals surface area contributed by atoms with Crippen LogP contribution >= 0.6 is 0 Å². The molecule has 0 aromatic rings. The second-order valence-electron chi connectivity index (χ2n) is 2.16. The Balaban J connectivity index is 3.15. The predicted molar refractivity (Wildman–Crippen MR) is 27.6 cm³/mol. The van der Waals surface area contributed by atoms with Crippen LogP contribution in [0.3, 0.4) is 0 Å². The molecule has 0 rings (SSSR count). The zero-order chi connectivity index (χ0) is 5.91. The van der Waals surface area contributed by atoms with Crippen LogP contribution in [0.1, 0.15) is 13.8 Å². The molecule has 0 fully saturated rings. The number of hydrogen-bond donors (Lipinski definition) is 1. The van der Waals surface area contributed by atoms with E-state index in [1.54, 1.807) is 13.8 Å². The molecule has 0 atom stereocenters. The summed E-state index contributed by atoms with van der Waals surface area (Å²) in [6.07, 6.45) is 0. The molecular formula is C5H11O2. The van der Waals surface area contributed by atoms with Gasteiger partial charge in [-0.2, -0.15) is 0 Å². The third-order valence-corrected chi connectivity index (χ3v) is 0.455. The lowest BCUT2D eigenvalue weighted by Crippen LogP contribution is -2.24. The molecule has 0 heterocycles. The van der Waals surface area contributed by atoms with Crippen LogP contribution < -0.4 is 0 Å². The minimum Gasteiger partial charge on any atom is -0.388 e. The van der Waals surface area contributed by atoms with Crippen molar-refractivity contribution in [2.75, 3.05) is 6.61 Å². The van der Waals surface area contributed by atoms with Crippen molar-refractivity contribution in [2.24, 2.45) is 0 Å². The first-order valence-electron chi connectivity index (χ1n) is 2.15. The highest BCUT2D eigenvalue weighted by Crippen LogP contribution is 1.98. The summed E-state index contributed by atoms with van der Waals surface area (Å²) in [4.78, 5) is 0. The fraction of sp³-hybridized carbons (Fsp3) is 0.800. The average molecular weight is 103 g/mol. The van der Waals surface area contributed by atoms with Crippen molar-refractivity contribution in [2.45, 2.75) is 19.4 Å². The quantitative estimate of drug-likeness (QED) is 0.553. The molecule has 0 bridgehead atoms. The number of ether oxygens (including phenoxy) is 1. The minimum absolute atomic E-state index is 0.285. The zero-order valence-electron chi connectivity index (χ0n) is 4.77. The monoisotopic (exact) mass is 103 g/mol. The van der Waals surface area contributed by atoms with Crippen LogP contribution in [0, 0.1) is 7.11 Å². The normalized spacial score (nSPS) is 12.0. The molecule has 0 aromatic carbocycles. The Hall–Kier alpha value is -0.0800. The number of hydrogen-bond acceptors (Lipinski definition) is 2. The van der Waals surface area contributed by atoms with E-state index < -0.39 is 5.60 Å². The predicted octanol–water partition coefficient (Wildman–Crippen LogP) is 0.565. The van der Waals surface area contributed by atoms with E-state index >= 15 is 0 Å². The van der Waals surface area contributed by atoms with Crippen molar-refractivity contribution in [3.8, 4) is 0 Å². The lowest BCUT2D eigenvalue weighted by molar-refractivity contribution is 0.00959. The van der Waals surface area contributed by atoms with E-state index in [1.165, 1.54) is 0 Å². The number of aliphatic hydroxyl groups is 1. The first kappa shape index (κ1) is 6.92. The Morgan fingerprint density at radius 1 is 1.71 bits per heavy atom. The summed E-state index contributed by atoms with van der Waals surface area (Å²) in [6.45, 7) is 3.61. The third-order valence-electron chi connectivity index (χ3n) is 0.455.